The van der Waals surface area contributed by atoms with Crippen LogP contribution < -0.4 is 0 Å². The number of hydrogen-bond acceptors (Lipinski definition) is 2. The van der Waals surface area contributed by atoms with Crippen molar-refractivity contribution in [3.63, 3.8) is 0 Å². The highest BCUT2D eigenvalue weighted by Crippen LogP contribution is 2.21. The van der Waals surface area contributed by atoms with Gasteiger partial charge in [0.2, 0.25) is 0 Å². The molecule has 0 spiro atoms. The smallest absolute Gasteiger partial charge is 0.337 e. The van der Waals surface area contributed by atoms with Crippen LogP contribution in [0.4, 0.5) is 0 Å². The zero-order chi connectivity index (χ0) is 11.7. The van der Waals surface area contributed by atoms with Gasteiger partial charge in [0.1, 0.15) is 0 Å². The summed E-state index contributed by atoms with van der Waals surface area (Å²) in [5.74, 6) is -1.01. The molecule has 0 saturated heterocycles. The van der Waals surface area contributed by atoms with E-state index in [1.165, 1.54) is 16.9 Å². The summed E-state index contributed by atoms with van der Waals surface area (Å²) in [6.07, 6.45) is 3.01. The van der Waals surface area contributed by atoms with Crippen molar-refractivity contribution in [2.75, 3.05) is 0 Å². The first-order chi connectivity index (χ1) is 7.58. The van der Waals surface area contributed by atoms with Gasteiger partial charge in [-0.25, -0.2) is 9.48 Å². The largest absolute Gasteiger partial charge is 0.478 e. The van der Waals surface area contributed by atoms with Crippen molar-refractivity contribution in [2.24, 2.45) is 0 Å². The van der Waals surface area contributed by atoms with E-state index in [2.05, 4.69) is 21.0 Å². The third kappa shape index (κ3) is 2.10. The van der Waals surface area contributed by atoms with Crippen LogP contribution in [0.3, 0.4) is 0 Å². The Kier molecular flexibility index (Phi) is 2.98. The fraction of sp³-hybridized carbons (Fsp3) is 0. The Morgan fingerprint density at radius 2 is 2.25 bits per heavy atom. The van der Waals surface area contributed by atoms with Crippen molar-refractivity contribution >= 4 is 33.5 Å². The number of carboxylic acid groups (broad SMARTS) is 1. The van der Waals surface area contributed by atoms with Crippen LogP contribution in [0.15, 0.2) is 35.1 Å². The molecule has 0 aliphatic carbocycles. The third-order valence-electron chi connectivity index (χ3n) is 1.99. The molecular formula is C10H6BrClN2O2. The predicted molar refractivity (Wildman–Crippen MR) is 63.2 cm³/mol. The number of nitrogens with zero attached hydrogens (tertiary/aromatic N) is 2. The van der Waals surface area contributed by atoms with Gasteiger partial charge >= 0.3 is 5.97 Å². The number of rotatable bonds is 2. The van der Waals surface area contributed by atoms with E-state index in [-0.39, 0.29) is 5.56 Å². The molecule has 0 saturated carbocycles. The maximum atomic E-state index is 11.1. The SMILES string of the molecule is O=C(O)c1cc(Br)ccc1-n1cc(Cl)cn1. The van der Waals surface area contributed by atoms with Crippen molar-refractivity contribution in [3.05, 3.63) is 45.7 Å². The summed E-state index contributed by atoms with van der Waals surface area (Å²) in [5, 5.41) is 13.5. The fourth-order valence-corrected chi connectivity index (χ4v) is 1.81. The molecular weight excluding hydrogens is 295 g/mol. The molecule has 1 heterocycles. The Balaban J connectivity index is 2.60. The highest BCUT2D eigenvalue weighted by Gasteiger charge is 2.12. The summed E-state index contributed by atoms with van der Waals surface area (Å²) >= 11 is 8.96. The van der Waals surface area contributed by atoms with E-state index >= 15 is 0 Å². The third-order valence-corrected chi connectivity index (χ3v) is 2.68. The molecule has 6 heteroatoms. The van der Waals surface area contributed by atoms with Gasteiger partial charge in [-0.3, -0.25) is 0 Å². The molecule has 2 aromatic rings. The molecule has 0 amide bonds. The average molecular weight is 302 g/mol. The van der Waals surface area contributed by atoms with Gasteiger partial charge in [0, 0.05) is 10.7 Å². The fourth-order valence-electron chi connectivity index (χ4n) is 1.31. The number of aromatic carboxylic acids is 1. The van der Waals surface area contributed by atoms with Crippen molar-refractivity contribution in [1.82, 2.24) is 9.78 Å². The molecule has 82 valence electrons. The predicted octanol–water partition coefficient (Wildman–Crippen LogP) is 2.99. The van der Waals surface area contributed by atoms with Gasteiger partial charge < -0.3 is 5.11 Å². The van der Waals surface area contributed by atoms with Gasteiger partial charge in [-0.05, 0) is 18.2 Å². The number of carboxylic acids is 1. The lowest BCUT2D eigenvalue weighted by Gasteiger charge is -2.06. The van der Waals surface area contributed by atoms with Crippen LogP contribution in [0.2, 0.25) is 5.02 Å². The average Bonchev–Trinajstić information content (AvgIpc) is 2.64. The quantitative estimate of drug-likeness (QED) is 0.927. The van der Waals surface area contributed by atoms with E-state index < -0.39 is 5.97 Å². The van der Waals surface area contributed by atoms with Crippen molar-refractivity contribution in [2.45, 2.75) is 0 Å². The first-order valence-electron chi connectivity index (χ1n) is 4.31. The van der Waals surface area contributed by atoms with Crippen LogP contribution in [0.25, 0.3) is 5.69 Å². The maximum absolute atomic E-state index is 11.1. The van der Waals surface area contributed by atoms with Gasteiger partial charge in [-0.1, -0.05) is 27.5 Å². The molecule has 0 bridgehead atoms. The Morgan fingerprint density at radius 1 is 1.50 bits per heavy atom. The van der Waals surface area contributed by atoms with Gasteiger partial charge in [-0.15, -0.1) is 0 Å². The number of aromatic nitrogens is 2. The minimum absolute atomic E-state index is 0.161. The molecule has 0 aliphatic heterocycles. The number of benzene rings is 1. The Morgan fingerprint density at radius 3 is 2.81 bits per heavy atom. The normalized spacial score (nSPS) is 10.4. The van der Waals surface area contributed by atoms with E-state index in [0.717, 1.165) is 0 Å². The summed E-state index contributed by atoms with van der Waals surface area (Å²) in [6, 6.07) is 4.93. The number of carbonyl (C=O) groups is 1. The summed E-state index contributed by atoms with van der Waals surface area (Å²) in [4.78, 5) is 11.1. The van der Waals surface area contributed by atoms with Crippen LogP contribution in [-0.4, -0.2) is 20.9 Å². The van der Waals surface area contributed by atoms with Crippen LogP contribution in [0.1, 0.15) is 10.4 Å². The Bertz CT molecular complexity index is 554. The Labute approximate surface area is 105 Å². The molecule has 2 rings (SSSR count). The lowest BCUT2D eigenvalue weighted by molar-refractivity contribution is 0.0696. The monoisotopic (exact) mass is 300 g/mol. The molecule has 1 aromatic carbocycles. The zero-order valence-corrected chi connectivity index (χ0v) is 10.2. The van der Waals surface area contributed by atoms with Gasteiger partial charge in [0.15, 0.2) is 0 Å². The van der Waals surface area contributed by atoms with E-state index in [1.54, 1.807) is 18.3 Å². The van der Waals surface area contributed by atoms with Gasteiger partial charge in [0.05, 0.1) is 22.5 Å². The molecule has 16 heavy (non-hydrogen) atoms. The minimum atomic E-state index is -1.01. The van der Waals surface area contributed by atoms with Crippen LogP contribution >= 0.6 is 27.5 Å². The van der Waals surface area contributed by atoms with E-state index in [4.69, 9.17) is 16.7 Å². The number of halogens is 2. The second-order valence-electron chi connectivity index (χ2n) is 3.07. The summed E-state index contributed by atoms with van der Waals surface area (Å²) in [6.45, 7) is 0. The summed E-state index contributed by atoms with van der Waals surface area (Å²) in [7, 11) is 0. The maximum Gasteiger partial charge on any atom is 0.337 e. The van der Waals surface area contributed by atoms with E-state index in [9.17, 15) is 4.79 Å². The van der Waals surface area contributed by atoms with Crippen molar-refractivity contribution in [1.29, 1.82) is 0 Å². The van der Waals surface area contributed by atoms with E-state index in [0.29, 0.717) is 15.2 Å². The lowest BCUT2D eigenvalue weighted by Crippen LogP contribution is -2.05. The van der Waals surface area contributed by atoms with Gasteiger partial charge in [-0.2, -0.15) is 5.10 Å². The van der Waals surface area contributed by atoms with Crippen molar-refractivity contribution < 1.29 is 9.90 Å². The molecule has 0 aliphatic rings. The van der Waals surface area contributed by atoms with Crippen LogP contribution in [-0.2, 0) is 0 Å². The molecule has 1 aromatic heterocycles. The minimum Gasteiger partial charge on any atom is -0.478 e. The summed E-state index contributed by atoms with van der Waals surface area (Å²) < 4.78 is 2.13. The molecule has 0 fully saturated rings. The first kappa shape index (κ1) is 11.2. The molecule has 1 N–H and O–H groups in total. The standard InChI is InChI=1S/C10H6BrClN2O2/c11-6-1-2-9(8(3-6)10(15)16)14-5-7(12)4-13-14/h1-5H,(H,15,16). The van der Waals surface area contributed by atoms with Crippen molar-refractivity contribution in [3.8, 4) is 5.69 Å². The number of hydrogen-bond donors (Lipinski definition) is 1. The Hall–Kier alpha value is -1.33. The second kappa shape index (κ2) is 4.27. The highest BCUT2D eigenvalue weighted by atomic mass is 79.9. The highest BCUT2D eigenvalue weighted by molar-refractivity contribution is 9.10. The lowest BCUT2D eigenvalue weighted by atomic mass is 10.2. The molecule has 4 nitrogen and oxygen atoms in total. The van der Waals surface area contributed by atoms with Gasteiger partial charge in [0.25, 0.3) is 0 Å². The topological polar surface area (TPSA) is 55.1 Å². The first-order valence-corrected chi connectivity index (χ1v) is 5.48. The van der Waals surface area contributed by atoms with Crippen LogP contribution in [0, 0.1) is 0 Å². The molecule has 0 atom stereocenters. The zero-order valence-electron chi connectivity index (χ0n) is 7.89. The summed E-state index contributed by atoms with van der Waals surface area (Å²) in [5.41, 5.74) is 0.636. The second-order valence-corrected chi connectivity index (χ2v) is 4.42. The van der Waals surface area contributed by atoms with E-state index in [1.807, 2.05) is 0 Å². The molecule has 0 radical (unpaired) electrons. The molecule has 0 unspecified atom stereocenters. The van der Waals surface area contributed by atoms with Crippen LogP contribution in [0.5, 0.6) is 0 Å².